The minimum Gasteiger partial charge on any atom is -0.334 e. The Morgan fingerprint density at radius 3 is 2.71 bits per heavy atom. The van der Waals surface area contributed by atoms with Gasteiger partial charge in [-0.05, 0) is 33.8 Å². The van der Waals surface area contributed by atoms with Crippen molar-refractivity contribution >= 4 is 0 Å². The van der Waals surface area contributed by atoms with Crippen molar-refractivity contribution in [3.63, 3.8) is 0 Å². The predicted octanol–water partition coefficient (Wildman–Crippen LogP) is 1.04. The summed E-state index contributed by atoms with van der Waals surface area (Å²) in [6.45, 7) is 10.1. The van der Waals surface area contributed by atoms with Gasteiger partial charge in [0.25, 0.3) is 0 Å². The summed E-state index contributed by atoms with van der Waals surface area (Å²) in [5.41, 5.74) is 1.55. The minimum absolute atomic E-state index is 0.174. The van der Waals surface area contributed by atoms with E-state index < -0.39 is 0 Å². The average molecular weight is 289 g/mol. The lowest BCUT2D eigenvalue weighted by atomic mass is 10.3. The summed E-state index contributed by atoms with van der Waals surface area (Å²) in [5.74, 6) is 1.01. The third-order valence-corrected chi connectivity index (χ3v) is 3.57. The fourth-order valence-corrected chi connectivity index (χ4v) is 2.43. The molecule has 0 aliphatic carbocycles. The van der Waals surface area contributed by atoms with E-state index in [0.717, 1.165) is 30.3 Å². The van der Waals surface area contributed by atoms with Crippen molar-refractivity contribution in [1.29, 1.82) is 0 Å². The van der Waals surface area contributed by atoms with Gasteiger partial charge in [0.1, 0.15) is 5.82 Å². The molecule has 1 atom stereocenters. The van der Waals surface area contributed by atoms with E-state index in [2.05, 4.69) is 26.8 Å². The highest BCUT2D eigenvalue weighted by Gasteiger charge is 2.06. The van der Waals surface area contributed by atoms with Crippen LogP contribution in [0.15, 0.2) is 23.3 Å². The van der Waals surface area contributed by atoms with Gasteiger partial charge in [0, 0.05) is 49.5 Å². The Kier molecular flexibility index (Phi) is 4.90. The highest BCUT2D eigenvalue weighted by atomic mass is 16.1. The molecule has 6 nitrogen and oxygen atoms in total. The molecule has 0 aromatic carbocycles. The summed E-state index contributed by atoms with van der Waals surface area (Å²) in [4.78, 5) is 20.0. The Balaban J connectivity index is 1.87. The fourth-order valence-electron chi connectivity index (χ4n) is 2.43. The number of nitrogens with zero attached hydrogens (tertiary/aromatic N) is 4. The van der Waals surface area contributed by atoms with Crippen molar-refractivity contribution in [2.75, 3.05) is 6.54 Å². The monoisotopic (exact) mass is 289 g/mol. The molecule has 1 N–H and O–H groups in total. The molecule has 0 radical (unpaired) electrons. The molecule has 0 bridgehead atoms. The van der Waals surface area contributed by atoms with Crippen LogP contribution in [0.1, 0.15) is 24.1 Å². The number of rotatable bonds is 6. The topological polar surface area (TPSA) is 64.7 Å². The van der Waals surface area contributed by atoms with Crippen molar-refractivity contribution in [1.82, 2.24) is 24.4 Å². The van der Waals surface area contributed by atoms with Gasteiger partial charge in [-0.25, -0.2) is 9.78 Å². The zero-order chi connectivity index (χ0) is 15.4. The summed E-state index contributed by atoms with van der Waals surface area (Å²) < 4.78 is 3.82. The SMILES string of the molecule is Cc1cc(C)n(CCN[C@H](C)Cn2ccnc2C)c(=O)n1. The third kappa shape index (κ3) is 4.01. The van der Waals surface area contributed by atoms with Crippen LogP contribution in [0.3, 0.4) is 0 Å². The maximum Gasteiger partial charge on any atom is 0.347 e. The average Bonchev–Trinajstić information content (AvgIpc) is 2.78. The molecule has 0 amide bonds. The van der Waals surface area contributed by atoms with E-state index in [1.807, 2.05) is 39.2 Å². The highest BCUT2D eigenvalue weighted by Crippen LogP contribution is 1.99. The molecule has 0 aliphatic heterocycles. The second-order valence-corrected chi connectivity index (χ2v) is 5.46. The molecule has 0 saturated carbocycles. The lowest BCUT2D eigenvalue weighted by molar-refractivity contribution is 0.450. The maximum absolute atomic E-state index is 11.8. The lowest BCUT2D eigenvalue weighted by Crippen LogP contribution is -2.36. The predicted molar refractivity (Wildman–Crippen MR) is 82.4 cm³/mol. The molecular formula is C15H23N5O. The molecule has 114 valence electrons. The first kappa shape index (κ1) is 15.4. The van der Waals surface area contributed by atoms with Crippen molar-refractivity contribution in [2.24, 2.45) is 0 Å². The summed E-state index contributed by atoms with van der Waals surface area (Å²) in [6, 6.07) is 2.24. The molecule has 2 heterocycles. The van der Waals surface area contributed by atoms with Gasteiger partial charge in [0.15, 0.2) is 0 Å². The Morgan fingerprint density at radius 2 is 2.10 bits per heavy atom. The van der Waals surface area contributed by atoms with E-state index >= 15 is 0 Å². The summed E-state index contributed by atoms with van der Waals surface area (Å²) in [7, 11) is 0. The molecule has 0 unspecified atom stereocenters. The number of hydrogen-bond donors (Lipinski definition) is 1. The van der Waals surface area contributed by atoms with Crippen LogP contribution in [-0.4, -0.2) is 31.7 Å². The van der Waals surface area contributed by atoms with Crippen LogP contribution in [0.5, 0.6) is 0 Å². The van der Waals surface area contributed by atoms with Crippen LogP contribution < -0.4 is 11.0 Å². The first-order valence-electron chi connectivity index (χ1n) is 7.23. The molecule has 2 rings (SSSR count). The molecule has 0 aliphatic rings. The Morgan fingerprint density at radius 1 is 1.33 bits per heavy atom. The van der Waals surface area contributed by atoms with Crippen molar-refractivity contribution in [3.8, 4) is 0 Å². The lowest BCUT2D eigenvalue weighted by Gasteiger charge is -2.16. The molecule has 6 heteroatoms. The van der Waals surface area contributed by atoms with E-state index in [1.54, 1.807) is 4.57 Å². The molecule has 2 aromatic rings. The van der Waals surface area contributed by atoms with Gasteiger partial charge in [0.05, 0.1) is 0 Å². The largest absolute Gasteiger partial charge is 0.347 e. The third-order valence-electron chi connectivity index (χ3n) is 3.57. The van der Waals surface area contributed by atoms with E-state index in [9.17, 15) is 4.79 Å². The molecule has 0 saturated heterocycles. The zero-order valence-electron chi connectivity index (χ0n) is 13.1. The van der Waals surface area contributed by atoms with Crippen molar-refractivity contribution in [3.05, 3.63) is 46.2 Å². The standard InChI is InChI=1S/C15H23N5O/c1-11-9-13(3)20(15(21)18-11)8-6-16-12(2)10-19-7-5-17-14(19)4/h5,7,9,12,16H,6,8,10H2,1-4H3/t12-/m1/s1. The van der Waals surface area contributed by atoms with Gasteiger partial charge in [-0.3, -0.25) is 4.57 Å². The quantitative estimate of drug-likeness (QED) is 0.863. The molecular weight excluding hydrogens is 266 g/mol. The zero-order valence-corrected chi connectivity index (χ0v) is 13.1. The van der Waals surface area contributed by atoms with Gasteiger partial charge >= 0.3 is 5.69 Å². The van der Waals surface area contributed by atoms with Crippen LogP contribution in [0.25, 0.3) is 0 Å². The molecule has 0 spiro atoms. The first-order chi connectivity index (χ1) is 9.97. The van der Waals surface area contributed by atoms with E-state index in [4.69, 9.17) is 0 Å². The van der Waals surface area contributed by atoms with Gasteiger partial charge in [-0.15, -0.1) is 0 Å². The number of imidazole rings is 1. The highest BCUT2D eigenvalue weighted by molar-refractivity contribution is 5.06. The van der Waals surface area contributed by atoms with Crippen LogP contribution in [0, 0.1) is 20.8 Å². The van der Waals surface area contributed by atoms with Crippen LogP contribution in [-0.2, 0) is 13.1 Å². The number of hydrogen-bond acceptors (Lipinski definition) is 4. The van der Waals surface area contributed by atoms with E-state index in [-0.39, 0.29) is 5.69 Å². The van der Waals surface area contributed by atoms with Crippen LogP contribution >= 0.6 is 0 Å². The Bertz CT molecular complexity index is 658. The smallest absolute Gasteiger partial charge is 0.334 e. The molecule has 0 fully saturated rings. The van der Waals surface area contributed by atoms with Gasteiger partial charge < -0.3 is 9.88 Å². The first-order valence-corrected chi connectivity index (χ1v) is 7.23. The fraction of sp³-hybridized carbons (Fsp3) is 0.533. The Labute approximate surface area is 124 Å². The van der Waals surface area contributed by atoms with E-state index in [0.29, 0.717) is 12.6 Å². The minimum atomic E-state index is -0.174. The normalized spacial score (nSPS) is 12.6. The second-order valence-electron chi connectivity index (χ2n) is 5.46. The van der Waals surface area contributed by atoms with E-state index in [1.165, 1.54) is 0 Å². The number of nitrogens with one attached hydrogen (secondary N) is 1. The van der Waals surface area contributed by atoms with Crippen molar-refractivity contribution < 1.29 is 0 Å². The maximum atomic E-state index is 11.8. The summed E-state index contributed by atoms with van der Waals surface area (Å²) >= 11 is 0. The van der Waals surface area contributed by atoms with Crippen molar-refractivity contribution in [2.45, 2.75) is 46.8 Å². The van der Waals surface area contributed by atoms with Gasteiger partial charge in [0.2, 0.25) is 0 Å². The number of aromatic nitrogens is 4. The number of aryl methyl sites for hydroxylation is 3. The molecule has 21 heavy (non-hydrogen) atoms. The van der Waals surface area contributed by atoms with Crippen LogP contribution in [0.2, 0.25) is 0 Å². The van der Waals surface area contributed by atoms with Gasteiger partial charge in [-0.2, -0.15) is 4.98 Å². The van der Waals surface area contributed by atoms with Gasteiger partial charge in [-0.1, -0.05) is 0 Å². The molecule has 2 aromatic heterocycles. The summed E-state index contributed by atoms with van der Waals surface area (Å²) in [6.07, 6.45) is 3.79. The second kappa shape index (κ2) is 6.67. The van der Waals surface area contributed by atoms with Crippen LogP contribution in [0.4, 0.5) is 0 Å². The summed E-state index contributed by atoms with van der Waals surface area (Å²) in [5, 5.41) is 3.43. The Hall–Kier alpha value is -1.95.